The molecule has 5 amide bonds. The van der Waals surface area contributed by atoms with Crippen LogP contribution in [-0.2, 0) is 29.2 Å². The van der Waals surface area contributed by atoms with Gasteiger partial charge in [-0.15, -0.1) is 0 Å². The van der Waals surface area contributed by atoms with E-state index in [1.54, 1.807) is 15.9 Å². The van der Waals surface area contributed by atoms with Crippen LogP contribution in [0, 0.1) is 5.82 Å². The number of urea groups is 1. The van der Waals surface area contributed by atoms with Crippen LogP contribution in [0.3, 0.4) is 0 Å². The van der Waals surface area contributed by atoms with E-state index >= 15 is 4.39 Å². The van der Waals surface area contributed by atoms with Crippen LogP contribution in [-0.4, -0.2) is 57.6 Å². The lowest BCUT2D eigenvalue weighted by molar-refractivity contribution is -0.136. The number of carbonyl (C=O) groups excluding carboxylic acids is 4. The Balaban J connectivity index is 1.15. The number of hydrogen-bond acceptors (Lipinski definition) is 4. The van der Waals surface area contributed by atoms with Gasteiger partial charge in [0.05, 0.1) is 5.56 Å². The van der Waals surface area contributed by atoms with Gasteiger partial charge in [-0.3, -0.25) is 19.7 Å². The number of nitrogens with zero attached hydrogens (tertiary/aromatic N) is 3. The van der Waals surface area contributed by atoms with Gasteiger partial charge >= 0.3 is 6.03 Å². The van der Waals surface area contributed by atoms with Gasteiger partial charge in [0, 0.05) is 44.2 Å². The highest BCUT2D eigenvalue weighted by atomic mass is 35.5. The topological polar surface area (TPSA) is 90.0 Å². The molecule has 3 aromatic rings. The number of halogens is 2. The van der Waals surface area contributed by atoms with Crippen LogP contribution in [0.4, 0.5) is 9.18 Å². The zero-order valence-electron chi connectivity index (χ0n) is 21.5. The van der Waals surface area contributed by atoms with Crippen LogP contribution >= 0.6 is 11.6 Å². The van der Waals surface area contributed by atoms with Crippen molar-refractivity contribution in [2.45, 2.75) is 38.5 Å². The number of imide groups is 1. The summed E-state index contributed by atoms with van der Waals surface area (Å²) in [6.45, 7) is 1.73. The van der Waals surface area contributed by atoms with Crippen molar-refractivity contribution < 1.29 is 23.6 Å². The third-order valence-corrected chi connectivity index (χ3v) is 7.97. The third-order valence-electron chi connectivity index (χ3n) is 7.72. The molecule has 0 aliphatic carbocycles. The van der Waals surface area contributed by atoms with E-state index in [-0.39, 0.29) is 43.4 Å². The first-order valence-corrected chi connectivity index (χ1v) is 13.5. The maximum absolute atomic E-state index is 15.1. The van der Waals surface area contributed by atoms with E-state index in [4.69, 9.17) is 11.6 Å². The normalized spacial score (nSPS) is 18.9. The lowest BCUT2D eigenvalue weighted by Gasteiger charge is -2.29. The molecule has 0 aromatic heterocycles. The molecule has 8 nitrogen and oxygen atoms in total. The number of benzene rings is 3. The fourth-order valence-electron chi connectivity index (χ4n) is 5.73. The van der Waals surface area contributed by atoms with E-state index in [1.807, 2.05) is 48.5 Å². The van der Waals surface area contributed by atoms with Crippen LogP contribution < -0.4 is 5.32 Å². The molecule has 3 aromatic carbocycles. The molecular formula is C30H26ClFN4O4. The minimum Gasteiger partial charge on any atom is -0.322 e. The fraction of sp³-hybridized carbons (Fsp3) is 0.267. The predicted molar refractivity (Wildman–Crippen MR) is 146 cm³/mol. The monoisotopic (exact) mass is 560 g/mol. The van der Waals surface area contributed by atoms with Gasteiger partial charge in [-0.1, -0.05) is 54.1 Å². The second kappa shape index (κ2) is 10.4. The number of amides is 5. The number of piperidine rings is 1. The maximum atomic E-state index is 15.1. The SMILES string of the molecule is O=C1CCC(N2Cc3cc(CN4CCN(Cc5ccccc5-c5ccc(Cl)cc5)C4=O)cc(F)c3C2=O)C(=O)N1. The molecule has 2 fully saturated rings. The Morgan fingerprint density at radius 2 is 1.65 bits per heavy atom. The van der Waals surface area contributed by atoms with Gasteiger partial charge in [-0.25, -0.2) is 9.18 Å². The molecule has 10 heteroatoms. The lowest BCUT2D eigenvalue weighted by atomic mass is 9.99. The van der Waals surface area contributed by atoms with Crippen molar-refractivity contribution in [3.05, 3.63) is 93.8 Å². The molecule has 1 unspecified atom stereocenters. The molecule has 3 aliphatic rings. The smallest absolute Gasteiger partial charge is 0.320 e. The fourth-order valence-corrected chi connectivity index (χ4v) is 5.86. The Morgan fingerprint density at radius 3 is 2.40 bits per heavy atom. The first-order valence-electron chi connectivity index (χ1n) is 13.1. The Bertz CT molecular complexity index is 1540. The summed E-state index contributed by atoms with van der Waals surface area (Å²) in [6, 6.07) is 17.6. The van der Waals surface area contributed by atoms with Crippen molar-refractivity contribution in [1.82, 2.24) is 20.0 Å². The molecular weight excluding hydrogens is 535 g/mol. The van der Waals surface area contributed by atoms with E-state index in [9.17, 15) is 19.2 Å². The largest absolute Gasteiger partial charge is 0.322 e. The van der Waals surface area contributed by atoms with Crippen LogP contribution in [0.25, 0.3) is 11.1 Å². The van der Waals surface area contributed by atoms with E-state index in [0.717, 1.165) is 16.7 Å². The van der Waals surface area contributed by atoms with E-state index in [0.29, 0.717) is 35.8 Å². The molecule has 0 radical (unpaired) electrons. The summed E-state index contributed by atoms with van der Waals surface area (Å²) in [6.07, 6.45) is 0.333. The highest BCUT2D eigenvalue weighted by Crippen LogP contribution is 2.32. The van der Waals surface area contributed by atoms with Gasteiger partial charge in [0.2, 0.25) is 11.8 Å². The molecule has 0 bridgehead atoms. The van der Waals surface area contributed by atoms with E-state index in [2.05, 4.69) is 5.32 Å². The molecule has 3 heterocycles. The van der Waals surface area contributed by atoms with Crippen molar-refractivity contribution in [1.29, 1.82) is 0 Å². The Kier molecular flexibility index (Phi) is 6.75. The van der Waals surface area contributed by atoms with Gasteiger partial charge in [0.25, 0.3) is 5.91 Å². The van der Waals surface area contributed by atoms with E-state index < -0.39 is 23.7 Å². The van der Waals surface area contributed by atoms with Crippen molar-refractivity contribution in [2.24, 2.45) is 0 Å². The summed E-state index contributed by atoms with van der Waals surface area (Å²) in [7, 11) is 0. The minimum absolute atomic E-state index is 0.0540. The van der Waals surface area contributed by atoms with Gasteiger partial charge < -0.3 is 14.7 Å². The van der Waals surface area contributed by atoms with Crippen molar-refractivity contribution >= 4 is 35.4 Å². The van der Waals surface area contributed by atoms with Crippen LogP contribution in [0.2, 0.25) is 5.02 Å². The van der Waals surface area contributed by atoms with Crippen molar-refractivity contribution in [3.8, 4) is 11.1 Å². The molecule has 0 spiro atoms. The average Bonchev–Trinajstić information content (AvgIpc) is 3.44. The molecule has 6 rings (SSSR count). The summed E-state index contributed by atoms with van der Waals surface area (Å²) in [5.41, 5.74) is 4.04. The van der Waals surface area contributed by atoms with Crippen LogP contribution in [0.1, 0.15) is 39.9 Å². The van der Waals surface area contributed by atoms with Gasteiger partial charge in [-0.2, -0.15) is 0 Å². The molecule has 1 N–H and O–H groups in total. The highest BCUT2D eigenvalue weighted by molar-refractivity contribution is 6.30. The van der Waals surface area contributed by atoms with Crippen molar-refractivity contribution in [2.75, 3.05) is 13.1 Å². The minimum atomic E-state index is -0.815. The highest BCUT2D eigenvalue weighted by Gasteiger charge is 2.41. The van der Waals surface area contributed by atoms with Crippen LogP contribution in [0.5, 0.6) is 0 Å². The third kappa shape index (κ3) is 4.81. The van der Waals surface area contributed by atoms with Gasteiger partial charge in [0.15, 0.2) is 0 Å². The Morgan fingerprint density at radius 1 is 0.925 bits per heavy atom. The van der Waals surface area contributed by atoms with Crippen LogP contribution in [0.15, 0.2) is 60.7 Å². The quantitative estimate of drug-likeness (QED) is 0.454. The summed E-state index contributed by atoms with van der Waals surface area (Å²) >= 11 is 6.05. The summed E-state index contributed by atoms with van der Waals surface area (Å²) in [5.74, 6) is -2.15. The average molecular weight is 561 g/mol. The first-order chi connectivity index (χ1) is 19.3. The second-order valence-corrected chi connectivity index (χ2v) is 10.7. The second-order valence-electron chi connectivity index (χ2n) is 10.3. The van der Waals surface area contributed by atoms with Crippen molar-refractivity contribution in [3.63, 3.8) is 0 Å². The summed E-state index contributed by atoms with van der Waals surface area (Å²) in [5, 5.41) is 2.90. The molecule has 204 valence electrons. The lowest BCUT2D eigenvalue weighted by Crippen LogP contribution is -2.52. The van der Waals surface area contributed by atoms with E-state index in [1.165, 1.54) is 11.0 Å². The van der Waals surface area contributed by atoms with Gasteiger partial charge in [0.1, 0.15) is 11.9 Å². The number of carbonyl (C=O) groups is 4. The predicted octanol–water partition coefficient (Wildman–Crippen LogP) is 4.34. The molecule has 1 atom stereocenters. The summed E-state index contributed by atoms with van der Waals surface area (Å²) < 4.78 is 15.1. The first kappa shape index (κ1) is 26.0. The number of rotatable bonds is 6. The Labute approximate surface area is 235 Å². The zero-order chi connectivity index (χ0) is 28.0. The standard InChI is InChI=1S/C30H26ClFN4O4/c31-22-7-5-19(6-8-22)23-4-2-1-3-20(23)16-35-12-11-34(30(35)40)15-18-13-21-17-36(29(39)27(21)24(32)14-18)25-9-10-26(37)33-28(25)38/h1-8,13-14,25H,9-12,15-17H2,(H,33,37,38). The Hall–Kier alpha value is -4.24. The maximum Gasteiger partial charge on any atom is 0.320 e. The molecule has 0 saturated carbocycles. The molecule has 3 aliphatic heterocycles. The number of nitrogens with one attached hydrogen (secondary N) is 1. The van der Waals surface area contributed by atoms with Gasteiger partial charge in [-0.05, 0) is 52.4 Å². The number of fused-ring (bicyclic) bond motifs is 1. The molecule has 40 heavy (non-hydrogen) atoms. The number of hydrogen-bond donors (Lipinski definition) is 1. The summed E-state index contributed by atoms with van der Waals surface area (Å²) in [4.78, 5) is 54.8. The zero-order valence-corrected chi connectivity index (χ0v) is 22.3. The molecule has 2 saturated heterocycles.